The summed E-state index contributed by atoms with van der Waals surface area (Å²) >= 11 is 0. The third-order valence-electron chi connectivity index (χ3n) is 1.53. The van der Waals surface area contributed by atoms with Crippen LogP contribution in [0.4, 0.5) is 4.39 Å². The molecule has 2 nitrogen and oxygen atoms in total. The lowest BCUT2D eigenvalue weighted by Gasteiger charge is -1.99. The second-order valence-corrected chi connectivity index (χ2v) is 2.24. The molecule has 11 heavy (non-hydrogen) atoms. The molecule has 0 aromatic carbocycles. The van der Waals surface area contributed by atoms with E-state index in [0.29, 0.717) is 11.1 Å². The number of hydrogen-bond acceptors (Lipinski definition) is 2. The molecule has 0 aliphatic carbocycles. The van der Waals surface area contributed by atoms with Crippen molar-refractivity contribution in [2.75, 3.05) is 0 Å². The zero-order chi connectivity index (χ0) is 8.27. The molecule has 3 heteroatoms. The van der Waals surface area contributed by atoms with Gasteiger partial charge < -0.3 is 0 Å². The number of hydrogen-bond donors (Lipinski definition) is 0. The summed E-state index contributed by atoms with van der Waals surface area (Å²) in [7, 11) is 0. The Bertz CT molecular complexity index is 301. The van der Waals surface area contributed by atoms with Gasteiger partial charge in [0.2, 0.25) is 0 Å². The molecular formula is C8H7FN2. The van der Waals surface area contributed by atoms with Crippen molar-refractivity contribution in [3.05, 3.63) is 29.3 Å². The highest BCUT2D eigenvalue weighted by molar-refractivity contribution is 5.25. The van der Waals surface area contributed by atoms with Gasteiger partial charge in [0.25, 0.3) is 0 Å². The number of nitrogens with zero attached hydrogens (tertiary/aromatic N) is 2. The van der Waals surface area contributed by atoms with Gasteiger partial charge in [0.05, 0.1) is 18.7 Å². The Hall–Kier alpha value is -1.43. The highest BCUT2D eigenvalue weighted by Gasteiger charge is 2.02. The predicted molar refractivity (Wildman–Crippen MR) is 38.2 cm³/mol. The van der Waals surface area contributed by atoms with Crippen molar-refractivity contribution in [3.63, 3.8) is 0 Å². The summed E-state index contributed by atoms with van der Waals surface area (Å²) in [6.45, 7) is 1.64. The zero-order valence-corrected chi connectivity index (χ0v) is 6.13. The van der Waals surface area contributed by atoms with E-state index >= 15 is 0 Å². The SMILES string of the molecule is Cc1c(F)cncc1CC#N. The first kappa shape index (κ1) is 7.67. The molecule has 56 valence electrons. The molecule has 0 aliphatic heterocycles. The second-order valence-electron chi connectivity index (χ2n) is 2.24. The summed E-state index contributed by atoms with van der Waals surface area (Å²) in [5.74, 6) is -0.349. The first-order chi connectivity index (χ1) is 5.25. The Morgan fingerprint density at radius 2 is 2.36 bits per heavy atom. The molecule has 0 aliphatic rings. The summed E-state index contributed by atoms with van der Waals surface area (Å²) in [4.78, 5) is 3.64. The molecule has 0 radical (unpaired) electrons. The predicted octanol–water partition coefficient (Wildman–Crippen LogP) is 1.60. The van der Waals surface area contributed by atoms with E-state index < -0.39 is 0 Å². The lowest BCUT2D eigenvalue weighted by Crippen LogP contribution is -1.92. The van der Waals surface area contributed by atoms with Gasteiger partial charge in [-0.3, -0.25) is 4.98 Å². The maximum Gasteiger partial charge on any atom is 0.144 e. The van der Waals surface area contributed by atoms with Crippen LogP contribution in [0, 0.1) is 24.1 Å². The smallest absolute Gasteiger partial charge is 0.144 e. The molecule has 0 unspecified atom stereocenters. The van der Waals surface area contributed by atoms with Crippen LogP contribution < -0.4 is 0 Å². The quantitative estimate of drug-likeness (QED) is 0.609. The molecule has 0 bridgehead atoms. The molecule has 0 amide bonds. The highest BCUT2D eigenvalue weighted by Crippen LogP contribution is 2.09. The van der Waals surface area contributed by atoms with E-state index in [1.165, 1.54) is 6.20 Å². The monoisotopic (exact) mass is 150 g/mol. The molecule has 0 saturated carbocycles. The Labute approximate surface area is 64.3 Å². The molecule has 0 saturated heterocycles. The highest BCUT2D eigenvalue weighted by atomic mass is 19.1. The van der Waals surface area contributed by atoms with Crippen LogP contribution in [0.25, 0.3) is 0 Å². The lowest BCUT2D eigenvalue weighted by atomic mass is 10.1. The average molecular weight is 150 g/mol. The molecule has 1 aromatic rings. The number of pyridine rings is 1. The van der Waals surface area contributed by atoms with Crippen LogP contribution in [0.1, 0.15) is 11.1 Å². The largest absolute Gasteiger partial charge is 0.261 e. The van der Waals surface area contributed by atoms with Crippen molar-refractivity contribution in [2.45, 2.75) is 13.3 Å². The van der Waals surface area contributed by atoms with E-state index in [4.69, 9.17) is 5.26 Å². The number of nitriles is 1. The Morgan fingerprint density at radius 3 is 3.00 bits per heavy atom. The Balaban J connectivity index is 3.08. The van der Waals surface area contributed by atoms with E-state index in [1.54, 1.807) is 6.92 Å². The maximum atomic E-state index is 12.7. The van der Waals surface area contributed by atoms with Crippen molar-refractivity contribution in [2.24, 2.45) is 0 Å². The third kappa shape index (κ3) is 1.53. The van der Waals surface area contributed by atoms with Crippen LogP contribution in [-0.2, 0) is 6.42 Å². The maximum absolute atomic E-state index is 12.7. The molecule has 0 N–H and O–H groups in total. The van der Waals surface area contributed by atoms with Gasteiger partial charge in [-0.1, -0.05) is 0 Å². The second kappa shape index (κ2) is 3.11. The minimum absolute atomic E-state index is 0.219. The summed E-state index contributed by atoms with van der Waals surface area (Å²) in [5.41, 5.74) is 1.18. The fourth-order valence-electron chi connectivity index (χ4n) is 0.803. The van der Waals surface area contributed by atoms with Crippen LogP contribution in [0.5, 0.6) is 0 Å². The molecule has 0 atom stereocenters. The normalized spacial score (nSPS) is 9.18. The van der Waals surface area contributed by atoms with Gasteiger partial charge in [-0.25, -0.2) is 4.39 Å². The van der Waals surface area contributed by atoms with Crippen LogP contribution in [0.3, 0.4) is 0 Å². The molecule has 0 spiro atoms. The molecule has 1 heterocycles. The van der Waals surface area contributed by atoms with E-state index in [0.717, 1.165) is 6.20 Å². The van der Waals surface area contributed by atoms with E-state index in [-0.39, 0.29) is 12.2 Å². The summed E-state index contributed by atoms with van der Waals surface area (Å²) in [5, 5.41) is 8.33. The number of halogens is 1. The first-order valence-electron chi connectivity index (χ1n) is 3.21. The Kier molecular flexibility index (Phi) is 2.17. The molecule has 1 rings (SSSR count). The van der Waals surface area contributed by atoms with Crippen LogP contribution in [-0.4, -0.2) is 4.98 Å². The van der Waals surface area contributed by atoms with Gasteiger partial charge in [0.15, 0.2) is 0 Å². The standard InChI is InChI=1S/C8H7FN2/c1-6-7(2-3-10)4-11-5-8(6)9/h4-5H,2H2,1H3. The van der Waals surface area contributed by atoms with E-state index in [1.807, 2.05) is 6.07 Å². The fraction of sp³-hybridized carbons (Fsp3) is 0.250. The third-order valence-corrected chi connectivity index (χ3v) is 1.53. The number of rotatable bonds is 1. The lowest BCUT2D eigenvalue weighted by molar-refractivity contribution is 0.609. The van der Waals surface area contributed by atoms with Crippen molar-refractivity contribution in [1.29, 1.82) is 5.26 Å². The van der Waals surface area contributed by atoms with E-state index in [2.05, 4.69) is 4.98 Å². The van der Waals surface area contributed by atoms with Crippen LogP contribution in [0.2, 0.25) is 0 Å². The van der Waals surface area contributed by atoms with Gasteiger partial charge in [-0.15, -0.1) is 0 Å². The average Bonchev–Trinajstić information content (AvgIpc) is 1.99. The molecule has 1 aromatic heterocycles. The first-order valence-corrected chi connectivity index (χ1v) is 3.21. The minimum Gasteiger partial charge on any atom is -0.261 e. The van der Waals surface area contributed by atoms with Crippen molar-refractivity contribution in [1.82, 2.24) is 4.98 Å². The van der Waals surface area contributed by atoms with Gasteiger partial charge >= 0.3 is 0 Å². The minimum atomic E-state index is -0.349. The van der Waals surface area contributed by atoms with Gasteiger partial charge in [0.1, 0.15) is 5.82 Å². The molecular weight excluding hydrogens is 143 g/mol. The topological polar surface area (TPSA) is 36.7 Å². The number of aromatic nitrogens is 1. The van der Waals surface area contributed by atoms with Gasteiger partial charge in [-0.2, -0.15) is 5.26 Å². The Morgan fingerprint density at radius 1 is 1.64 bits per heavy atom. The summed E-state index contributed by atoms with van der Waals surface area (Å²) < 4.78 is 12.7. The summed E-state index contributed by atoms with van der Waals surface area (Å²) in [6, 6.07) is 1.95. The van der Waals surface area contributed by atoms with Gasteiger partial charge in [-0.05, 0) is 18.1 Å². The van der Waals surface area contributed by atoms with E-state index in [9.17, 15) is 4.39 Å². The zero-order valence-electron chi connectivity index (χ0n) is 6.13. The van der Waals surface area contributed by atoms with Crippen LogP contribution in [0.15, 0.2) is 12.4 Å². The van der Waals surface area contributed by atoms with Crippen molar-refractivity contribution >= 4 is 0 Å². The molecule has 0 fully saturated rings. The van der Waals surface area contributed by atoms with Crippen molar-refractivity contribution < 1.29 is 4.39 Å². The summed E-state index contributed by atoms with van der Waals surface area (Å²) in [6.07, 6.45) is 2.88. The van der Waals surface area contributed by atoms with Gasteiger partial charge in [0, 0.05) is 6.20 Å². The fourth-order valence-corrected chi connectivity index (χ4v) is 0.803. The van der Waals surface area contributed by atoms with Crippen LogP contribution >= 0.6 is 0 Å². The van der Waals surface area contributed by atoms with Crippen molar-refractivity contribution in [3.8, 4) is 6.07 Å².